The smallest absolute Gasteiger partial charge is 0.169 e. The van der Waals surface area contributed by atoms with Crippen LogP contribution in [0.4, 0.5) is 0 Å². The molecule has 0 amide bonds. The fourth-order valence-electron chi connectivity index (χ4n) is 3.04. The molecule has 1 aliphatic carbocycles. The molecule has 106 valence electrons. The van der Waals surface area contributed by atoms with Crippen LogP contribution in [0.25, 0.3) is 10.2 Å². The Morgan fingerprint density at radius 1 is 1.35 bits per heavy atom. The normalized spacial score (nSPS) is 19.1. The molecule has 0 unspecified atom stereocenters. The highest BCUT2D eigenvalue weighted by Crippen LogP contribution is 2.38. The summed E-state index contributed by atoms with van der Waals surface area (Å²) >= 11 is 1.52. The Labute approximate surface area is 124 Å². The van der Waals surface area contributed by atoms with E-state index in [0.717, 1.165) is 33.9 Å². The monoisotopic (exact) mass is 287 g/mol. The lowest BCUT2D eigenvalue weighted by Gasteiger charge is -2.34. The van der Waals surface area contributed by atoms with Crippen molar-refractivity contribution in [3.05, 3.63) is 28.3 Å². The summed E-state index contributed by atoms with van der Waals surface area (Å²) < 4.78 is 0. The number of hydrogen-bond donors (Lipinski definition) is 0. The second-order valence-electron chi connectivity index (χ2n) is 6.96. The Kier molecular flexibility index (Phi) is 3.20. The molecule has 2 aromatic rings. The van der Waals surface area contributed by atoms with Gasteiger partial charge in [0, 0.05) is 11.1 Å². The van der Waals surface area contributed by atoms with E-state index in [4.69, 9.17) is 4.98 Å². The van der Waals surface area contributed by atoms with Crippen molar-refractivity contribution >= 4 is 27.3 Å². The lowest BCUT2D eigenvalue weighted by Crippen LogP contribution is -2.27. The van der Waals surface area contributed by atoms with Crippen molar-refractivity contribution in [1.82, 2.24) is 4.98 Å². The Morgan fingerprint density at radius 2 is 2.10 bits per heavy atom. The van der Waals surface area contributed by atoms with Crippen LogP contribution in [0.2, 0.25) is 0 Å². The van der Waals surface area contributed by atoms with E-state index in [0.29, 0.717) is 5.41 Å². The molecular weight excluding hydrogens is 266 g/mol. The van der Waals surface area contributed by atoms with Gasteiger partial charge in [-0.3, -0.25) is 4.79 Å². The van der Waals surface area contributed by atoms with E-state index in [1.165, 1.54) is 29.0 Å². The number of carbonyl (C=O) groups is 1. The van der Waals surface area contributed by atoms with Gasteiger partial charge in [0.1, 0.15) is 4.83 Å². The first-order valence-electron chi connectivity index (χ1n) is 7.28. The first kappa shape index (κ1) is 13.7. The fraction of sp³-hybridized carbons (Fsp3) is 0.529. The van der Waals surface area contributed by atoms with Crippen molar-refractivity contribution in [2.45, 2.75) is 47.0 Å². The van der Waals surface area contributed by atoms with Crippen LogP contribution in [0.15, 0.2) is 12.1 Å². The molecule has 0 bridgehead atoms. The predicted molar refractivity (Wildman–Crippen MR) is 84.6 cm³/mol. The highest BCUT2D eigenvalue weighted by atomic mass is 32.1. The van der Waals surface area contributed by atoms with Crippen LogP contribution in [-0.2, 0) is 12.8 Å². The molecule has 0 aliphatic heterocycles. The molecule has 2 nitrogen and oxygen atoms in total. The maximum Gasteiger partial charge on any atom is 0.169 e. The van der Waals surface area contributed by atoms with E-state index in [1.54, 1.807) is 6.92 Å². The minimum Gasteiger partial charge on any atom is -0.294 e. The van der Waals surface area contributed by atoms with Gasteiger partial charge in [0.05, 0.1) is 4.88 Å². The van der Waals surface area contributed by atoms with Crippen molar-refractivity contribution in [3.8, 4) is 0 Å². The minimum absolute atomic E-state index is 0.138. The number of rotatable bonds is 1. The number of thiophene rings is 1. The van der Waals surface area contributed by atoms with Gasteiger partial charge >= 0.3 is 0 Å². The van der Waals surface area contributed by atoms with E-state index in [9.17, 15) is 4.79 Å². The van der Waals surface area contributed by atoms with Crippen molar-refractivity contribution in [1.29, 1.82) is 0 Å². The van der Waals surface area contributed by atoms with Crippen LogP contribution < -0.4 is 0 Å². The van der Waals surface area contributed by atoms with Crippen molar-refractivity contribution in [2.24, 2.45) is 11.3 Å². The average molecular weight is 287 g/mol. The summed E-state index contributed by atoms with van der Waals surface area (Å²) in [4.78, 5) is 18.1. The largest absolute Gasteiger partial charge is 0.294 e. The molecule has 0 spiro atoms. The first-order valence-corrected chi connectivity index (χ1v) is 8.09. The second kappa shape index (κ2) is 4.66. The van der Waals surface area contributed by atoms with Crippen molar-refractivity contribution in [2.75, 3.05) is 0 Å². The van der Waals surface area contributed by atoms with E-state index < -0.39 is 0 Å². The van der Waals surface area contributed by atoms with Crippen molar-refractivity contribution < 1.29 is 4.79 Å². The number of aromatic nitrogens is 1. The van der Waals surface area contributed by atoms with Gasteiger partial charge in [0.25, 0.3) is 0 Å². The number of aryl methyl sites for hydroxylation is 1. The molecule has 0 fully saturated rings. The highest BCUT2D eigenvalue weighted by Gasteiger charge is 2.29. The molecule has 0 N–H and O–H groups in total. The van der Waals surface area contributed by atoms with Crippen LogP contribution in [0.5, 0.6) is 0 Å². The topological polar surface area (TPSA) is 30.0 Å². The summed E-state index contributed by atoms with van der Waals surface area (Å²) in [6.45, 7) is 8.60. The van der Waals surface area contributed by atoms with Gasteiger partial charge in [0.15, 0.2) is 5.78 Å². The number of Topliss-reactive ketones (excluding diaryl/α,β-unsaturated/α-hetero) is 1. The highest BCUT2D eigenvalue weighted by molar-refractivity contribution is 7.20. The predicted octanol–water partition coefficient (Wildman–Crippen LogP) is 4.65. The van der Waals surface area contributed by atoms with Gasteiger partial charge in [-0.05, 0) is 55.2 Å². The van der Waals surface area contributed by atoms with Crippen LogP contribution >= 0.6 is 11.3 Å². The first-order chi connectivity index (χ1) is 9.34. The van der Waals surface area contributed by atoms with Crippen LogP contribution in [0.3, 0.4) is 0 Å². The van der Waals surface area contributed by atoms with Crippen LogP contribution in [-0.4, -0.2) is 10.8 Å². The van der Waals surface area contributed by atoms with Gasteiger partial charge < -0.3 is 0 Å². The lowest BCUT2D eigenvalue weighted by atomic mass is 9.71. The molecule has 0 saturated carbocycles. The summed E-state index contributed by atoms with van der Waals surface area (Å²) in [6.07, 6.45) is 3.41. The third-order valence-electron chi connectivity index (χ3n) is 4.44. The van der Waals surface area contributed by atoms with Crippen LogP contribution in [0, 0.1) is 11.3 Å². The lowest BCUT2D eigenvalue weighted by molar-refractivity contribution is 0.102. The van der Waals surface area contributed by atoms with E-state index >= 15 is 0 Å². The Morgan fingerprint density at radius 3 is 2.75 bits per heavy atom. The van der Waals surface area contributed by atoms with Crippen molar-refractivity contribution in [3.63, 3.8) is 0 Å². The number of ketones is 1. The maximum absolute atomic E-state index is 11.5. The number of pyridine rings is 1. The molecule has 1 aliphatic rings. The van der Waals surface area contributed by atoms with Gasteiger partial charge in [-0.2, -0.15) is 0 Å². The van der Waals surface area contributed by atoms with Gasteiger partial charge in [-0.15, -0.1) is 11.3 Å². The van der Waals surface area contributed by atoms with E-state index in [-0.39, 0.29) is 5.78 Å². The van der Waals surface area contributed by atoms with E-state index in [1.807, 2.05) is 6.07 Å². The summed E-state index contributed by atoms with van der Waals surface area (Å²) in [5.41, 5.74) is 2.98. The number of carbonyl (C=O) groups excluding carboxylic acids is 1. The number of fused-ring (bicyclic) bond motifs is 2. The maximum atomic E-state index is 11.5. The summed E-state index contributed by atoms with van der Waals surface area (Å²) in [7, 11) is 0. The molecule has 0 radical (unpaired) electrons. The average Bonchev–Trinajstić information content (AvgIpc) is 2.77. The van der Waals surface area contributed by atoms with Gasteiger partial charge in [0.2, 0.25) is 0 Å². The summed E-state index contributed by atoms with van der Waals surface area (Å²) in [6, 6.07) is 4.26. The Balaban J connectivity index is 2.02. The third kappa shape index (κ3) is 2.39. The SMILES string of the molecule is CC(=O)c1cc2cc3c(nc2s1)CC[C@H](C(C)(C)C)C3. The molecule has 0 saturated heterocycles. The molecule has 0 aromatic carbocycles. The molecule has 20 heavy (non-hydrogen) atoms. The summed E-state index contributed by atoms with van der Waals surface area (Å²) in [5.74, 6) is 0.860. The minimum atomic E-state index is 0.138. The molecule has 3 rings (SSSR count). The molecule has 2 aromatic heterocycles. The zero-order valence-electron chi connectivity index (χ0n) is 12.6. The zero-order chi connectivity index (χ0) is 14.5. The third-order valence-corrected chi connectivity index (χ3v) is 5.59. The standard InChI is InChI=1S/C17H21NOS/c1-10(19)15-9-12-7-11-8-13(17(2,3)4)5-6-14(11)18-16(12)20-15/h7,9,13H,5-6,8H2,1-4H3/t13-/m0/s1. The molecule has 1 atom stereocenters. The molecular formula is C17H21NOS. The van der Waals surface area contributed by atoms with Gasteiger partial charge in [-0.1, -0.05) is 20.8 Å². The second-order valence-corrected chi connectivity index (χ2v) is 7.99. The zero-order valence-corrected chi connectivity index (χ0v) is 13.4. The van der Waals surface area contributed by atoms with Crippen LogP contribution in [0.1, 0.15) is 55.0 Å². The number of nitrogens with zero attached hydrogens (tertiary/aromatic N) is 1. The molecule has 2 heterocycles. The van der Waals surface area contributed by atoms with Gasteiger partial charge in [-0.25, -0.2) is 4.98 Å². The quantitative estimate of drug-likeness (QED) is 0.715. The Hall–Kier alpha value is -1.22. The van der Waals surface area contributed by atoms with E-state index in [2.05, 4.69) is 26.8 Å². The number of hydrogen-bond acceptors (Lipinski definition) is 3. The molecule has 3 heteroatoms. The Bertz CT molecular complexity index is 678. The summed E-state index contributed by atoms with van der Waals surface area (Å²) in [5, 5.41) is 1.13. The fourth-order valence-corrected chi connectivity index (χ4v) is 3.97.